The molecule has 1 atom stereocenters. The van der Waals surface area contributed by atoms with E-state index in [1.54, 1.807) is 11.3 Å². The van der Waals surface area contributed by atoms with Crippen LogP contribution in [-0.4, -0.2) is 11.0 Å². The van der Waals surface area contributed by atoms with Crippen molar-refractivity contribution in [2.75, 3.05) is 0 Å². The third-order valence-electron chi connectivity index (χ3n) is 4.38. The fraction of sp³-hybridized carbons (Fsp3) is 0.562. The Hall–Kier alpha value is -0.930. The van der Waals surface area contributed by atoms with Gasteiger partial charge < -0.3 is 5.32 Å². The third-order valence-corrected chi connectivity index (χ3v) is 5.19. The largest absolute Gasteiger partial charge is 0.310 e. The summed E-state index contributed by atoms with van der Waals surface area (Å²) in [5, 5.41) is 3.70. The van der Waals surface area contributed by atoms with Gasteiger partial charge in [0.1, 0.15) is 0 Å². The van der Waals surface area contributed by atoms with Gasteiger partial charge in [-0.25, -0.2) is 4.98 Å². The van der Waals surface area contributed by atoms with E-state index in [4.69, 9.17) is 0 Å². The molecule has 1 N–H and O–H groups in total. The SMILES string of the molecule is C[C@@H](NCc1ccc2scnc2c1)C1CCCCC1. The van der Waals surface area contributed by atoms with Crippen molar-refractivity contribution in [3.8, 4) is 0 Å². The minimum Gasteiger partial charge on any atom is -0.310 e. The van der Waals surface area contributed by atoms with Gasteiger partial charge >= 0.3 is 0 Å². The molecule has 2 nitrogen and oxygen atoms in total. The molecular weight excluding hydrogens is 252 g/mol. The van der Waals surface area contributed by atoms with Gasteiger partial charge in [0.15, 0.2) is 0 Å². The normalized spacial score (nSPS) is 18.8. The Morgan fingerprint density at radius 3 is 3.00 bits per heavy atom. The van der Waals surface area contributed by atoms with Crippen molar-refractivity contribution >= 4 is 21.6 Å². The topological polar surface area (TPSA) is 24.9 Å². The number of rotatable bonds is 4. The molecule has 0 spiro atoms. The zero-order valence-corrected chi connectivity index (χ0v) is 12.4. The number of nitrogens with one attached hydrogen (secondary N) is 1. The van der Waals surface area contributed by atoms with Crippen LogP contribution < -0.4 is 5.32 Å². The van der Waals surface area contributed by atoms with Crippen LogP contribution in [0.3, 0.4) is 0 Å². The molecule has 1 fully saturated rings. The molecule has 0 aliphatic heterocycles. The van der Waals surface area contributed by atoms with E-state index in [-0.39, 0.29) is 0 Å². The van der Waals surface area contributed by atoms with Gasteiger partial charge in [0.25, 0.3) is 0 Å². The maximum absolute atomic E-state index is 4.39. The molecule has 0 amide bonds. The Kier molecular flexibility index (Phi) is 4.14. The fourth-order valence-electron chi connectivity index (χ4n) is 3.09. The van der Waals surface area contributed by atoms with Crippen molar-refractivity contribution in [2.24, 2.45) is 5.92 Å². The summed E-state index contributed by atoms with van der Waals surface area (Å²) in [7, 11) is 0. The number of aromatic nitrogens is 1. The second-order valence-electron chi connectivity index (χ2n) is 5.72. The van der Waals surface area contributed by atoms with Crippen LogP contribution in [-0.2, 0) is 6.54 Å². The Labute approximate surface area is 119 Å². The summed E-state index contributed by atoms with van der Waals surface area (Å²) in [5.74, 6) is 0.872. The van der Waals surface area contributed by atoms with Gasteiger partial charge in [-0.3, -0.25) is 0 Å². The third kappa shape index (κ3) is 3.15. The molecule has 1 saturated carbocycles. The van der Waals surface area contributed by atoms with Crippen molar-refractivity contribution in [2.45, 2.75) is 51.6 Å². The van der Waals surface area contributed by atoms with E-state index < -0.39 is 0 Å². The van der Waals surface area contributed by atoms with E-state index in [0.717, 1.165) is 18.0 Å². The molecular formula is C16H22N2S. The van der Waals surface area contributed by atoms with Crippen molar-refractivity contribution < 1.29 is 0 Å². The summed E-state index contributed by atoms with van der Waals surface area (Å²) in [5.41, 5.74) is 4.41. The van der Waals surface area contributed by atoms with Crippen LogP contribution in [0.15, 0.2) is 23.7 Å². The Morgan fingerprint density at radius 1 is 1.32 bits per heavy atom. The van der Waals surface area contributed by atoms with Crippen molar-refractivity contribution in [3.05, 3.63) is 29.3 Å². The lowest BCUT2D eigenvalue weighted by atomic mass is 9.84. The van der Waals surface area contributed by atoms with E-state index in [9.17, 15) is 0 Å². The van der Waals surface area contributed by atoms with Crippen LogP contribution in [0.2, 0.25) is 0 Å². The van der Waals surface area contributed by atoms with Gasteiger partial charge in [0.2, 0.25) is 0 Å². The molecule has 1 aromatic carbocycles. The van der Waals surface area contributed by atoms with Crippen LogP contribution in [0.1, 0.15) is 44.6 Å². The average molecular weight is 274 g/mol. The molecule has 0 radical (unpaired) electrons. The predicted molar refractivity (Wildman–Crippen MR) is 82.5 cm³/mol. The highest BCUT2D eigenvalue weighted by Crippen LogP contribution is 2.26. The number of thiazole rings is 1. The van der Waals surface area contributed by atoms with Crippen LogP contribution in [0.5, 0.6) is 0 Å². The number of benzene rings is 1. The van der Waals surface area contributed by atoms with Gasteiger partial charge in [-0.2, -0.15) is 0 Å². The summed E-state index contributed by atoms with van der Waals surface area (Å²) < 4.78 is 1.28. The molecule has 1 aromatic heterocycles. The minimum absolute atomic E-state index is 0.631. The number of hydrogen-bond donors (Lipinski definition) is 1. The summed E-state index contributed by atoms with van der Waals surface area (Å²) >= 11 is 1.71. The molecule has 2 aromatic rings. The molecule has 0 bridgehead atoms. The van der Waals surface area contributed by atoms with Crippen LogP contribution in [0.4, 0.5) is 0 Å². The van der Waals surface area contributed by atoms with Gasteiger partial charge in [-0.15, -0.1) is 11.3 Å². The highest BCUT2D eigenvalue weighted by Gasteiger charge is 2.19. The van der Waals surface area contributed by atoms with E-state index in [0.29, 0.717) is 6.04 Å². The lowest BCUT2D eigenvalue weighted by Crippen LogP contribution is -2.34. The number of fused-ring (bicyclic) bond motifs is 1. The van der Waals surface area contributed by atoms with E-state index in [1.165, 1.54) is 42.4 Å². The van der Waals surface area contributed by atoms with Crippen molar-refractivity contribution in [3.63, 3.8) is 0 Å². The Bertz CT molecular complexity index is 528. The number of nitrogens with zero attached hydrogens (tertiary/aromatic N) is 1. The fourth-order valence-corrected chi connectivity index (χ4v) is 3.75. The van der Waals surface area contributed by atoms with Crippen LogP contribution >= 0.6 is 11.3 Å². The van der Waals surface area contributed by atoms with Crippen molar-refractivity contribution in [1.29, 1.82) is 0 Å². The van der Waals surface area contributed by atoms with Gasteiger partial charge in [0, 0.05) is 12.6 Å². The molecule has 3 rings (SSSR count). The van der Waals surface area contributed by atoms with Gasteiger partial charge in [-0.05, 0) is 43.4 Å². The quantitative estimate of drug-likeness (QED) is 0.896. The Balaban J connectivity index is 1.58. The number of hydrogen-bond acceptors (Lipinski definition) is 3. The molecule has 1 heterocycles. The second kappa shape index (κ2) is 6.02. The van der Waals surface area contributed by atoms with Crippen LogP contribution in [0.25, 0.3) is 10.2 Å². The molecule has 1 aliphatic carbocycles. The van der Waals surface area contributed by atoms with Crippen molar-refractivity contribution in [1.82, 2.24) is 10.3 Å². The molecule has 19 heavy (non-hydrogen) atoms. The maximum Gasteiger partial charge on any atom is 0.0815 e. The van der Waals surface area contributed by atoms with Gasteiger partial charge in [0.05, 0.1) is 15.7 Å². The summed E-state index contributed by atoms with van der Waals surface area (Å²) in [4.78, 5) is 4.39. The smallest absolute Gasteiger partial charge is 0.0815 e. The lowest BCUT2D eigenvalue weighted by molar-refractivity contribution is 0.280. The van der Waals surface area contributed by atoms with E-state index >= 15 is 0 Å². The highest BCUT2D eigenvalue weighted by molar-refractivity contribution is 7.16. The highest BCUT2D eigenvalue weighted by atomic mass is 32.1. The van der Waals surface area contributed by atoms with E-state index in [1.807, 2.05) is 5.51 Å². The monoisotopic (exact) mass is 274 g/mol. The van der Waals surface area contributed by atoms with Crippen LogP contribution in [0, 0.1) is 5.92 Å². The van der Waals surface area contributed by atoms with Gasteiger partial charge in [-0.1, -0.05) is 25.3 Å². The first-order valence-electron chi connectivity index (χ1n) is 7.38. The Morgan fingerprint density at radius 2 is 2.16 bits per heavy atom. The zero-order chi connectivity index (χ0) is 13.1. The average Bonchev–Trinajstić information content (AvgIpc) is 2.93. The molecule has 3 heteroatoms. The van der Waals surface area contributed by atoms with E-state index in [2.05, 4.69) is 35.4 Å². The first kappa shape index (κ1) is 13.1. The standard InChI is InChI=1S/C16H22N2S/c1-12(14-5-3-2-4-6-14)17-10-13-7-8-16-15(9-13)18-11-19-16/h7-9,11-12,14,17H,2-6,10H2,1H3/t12-/m1/s1. The molecule has 1 aliphatic rings. The summed E-state index contributed by atoms with van der Waals surface area (Å²) in [6.07, 6.45) is 7.07. The lowest BCUT2D eigenvalue weighted by Gasteiger charge is -2.28. The zero-order valence-electron chi connectivity index (χ0n) is 11.6. The second-order valence-corrected chi connectivity index (χ2v) is 6.61. The minimum atomic E-state index is 0.631. The molecule has 0 unspecified atom stereocenters. The first-order chi connectivity index (χ1) is 9.33. The molecule has 0 saturated heterocycles. The first-order valence-corrected chi connectivity index (χ1v) is 8.26. The predicted octanol–water partition coefficient (Wildman–Crippen LogP) is 4.35. The summed E-state index contributed by atoms with van der Waals surface area (Å²) in [6, 6.07) is 7.26. The summed E-state index contributed by atoms with van der Waals surface area (Å²) in [6.45, 7) is 3.31. The maximum atomic E-state index is 4.39. The molecule has 102 valence electrons.